The molecule has 2 saturated carbocycles. The summed E-state index contributed by atoms with van der Waals surface area (Å²) in [7, 11) is 0. The van der Waals surface area contributed by atoms with Crippen LogP contribution < -0.4 is 4.74 Å². The molecule has 4 heteroatoms. The minimum atomic E-state index is -0.795. The second-order valence-electron chi connectivity index (χ2n) is 7.87. The fourth-order valence-electron chi connectivity index (χ4n) is 4.59. The van der Waals surface area contributed by atoms with Crippen molar-refractivity contribution in [1.29, 1.82) is 0 Å². The van der Waals surface area contributed by atoms with Crippen LogP contribution in [0, 0.1) is 30.1 Å². The number of carbonyl (C=O) groups excluding carboxylic acids is 2. The number of Topliss-reactive ketones (excluding diaryl/α,β-unsaturated/α-hetero) is 1. The number of esters is 1. The predicted octanol–water partition coefficient (Wildman–Crippen LogP) is 4.37. The van der Waals surface area contributed by atoms with Crippen LogP contribution >= 0.6 is 15.9 Å². The van der Waals surface area contributed by atoms with Gasteiger partial charge in [0.25, 0.3) is 0 Å². The van der Waals surface area contributed by atoms with E-state index in [1.54, 1.807) is 0 Å². The van der Waals surface area contributed by atoms with E-state index < -0.39 is 21.1 Å². The molecule has 2 fully saturated rings. The van der Waals surface area contributed by atoms with E-state index in [0.29, 0.717) is 12.2 Å². The molecule has 0 amide bonds. The van der Waals surface area contributed by atoms with E-state index in [2.05, 4.69) is 15.9 Å². The topological polar surface area (TPSA) is 43.4 Å². The average Bonchev–Trinajstić information content (AvgIpc) is 2.70. The van der Waals surface area contributed by atoms with Crippen LogP contribution in [0.3, 0.4) is 0 Å². The second-order valence-corrected chi connectivity index (χ2v) is 8.78. The highest BCUT2D eigenvalue weighted by Crippen LogP contribution is 2.72. The molecule has 3 unspecified atom stereocenters. The van der Waals surface area contributed by atoms with Crippen LogP contribution in [0.15, 0.2) is 18.2 Å². The molecule has 23 heavy (non-hydrogen) atoms. The lowest BCUT2D eigenvalue weighted by Gasteiger charge is -2.38. The van der Waals surface area contributed by atoms with Gasteiger partial charge >= 0.3 is 5.97 Å². The van der Waals surface area contributed by atoms with Gasteiger partial charge in [-0.1, -0.05) is 42.8 Å². The molecule has 3 rings (SSSR count). The highest BCUT2D eigenvalue weighted by molar-refractivity contribution is 9.10. The van der Waals surface area contributed by atoms with Crippen LogP contribution in [0.1, 0.15) is 44.7 Å². The van der Waals surface area contributed by atoms with Gasteiger partial charge < -0.3 is 4.74 Å². The first-order valence-electron chi connectivity index (χ1n) is 8.05. The minimum absolute atomic E-state index is 0.131. The highest BCUT2D eigenvalue weighted by atomic mass is 79.9. The molecule has 124 valence electrons. The van der Waals surface area contributed by atoms with Crippen LogP contribution in [0.25, 0.3) is 0 Å². The number of hydrogen-bond acceptors (Lipinski definition) is 3. The summed E-state index contributed by atoms with van der Waals surface area (Å²) < 4.78 is 5.76. The van der Waals surface area contributed by atoms with E-state index in [1.165, 1.54) is 0 Å². The monoisotopic (exact) mass is 378 g/mol. The van der Waals surface area contributed by atoms with E-state index in [0.717, 1.165) is 17.5 Å². The van der Waals surface area contributed by atoms with Gasteiger partial charge in [0.1, 0.15) is 5.75 Å². The van der Waals surface area contributed by atoms with E-state index in [4.69, 9.17) is 4.74 Å². The van der Waals surface area contributed by atoms with Crippen molar-refractivity contribution in [2.45, 2.75) is 52.3 Å². The van der Waals surface area contributed by atoms with Crippen LogP contribution in [0.2, 0.25) is 0 Å². The van der Waals surface area contributed by atoms with Gasteiger partial charge in [0, 0.05) is 5.41 Å². The largest absolute Gasteiger partial charge is 0.426 e. The summed E-state index contributed by atoms with van der Waals surface area (Å²) in [5, 5.41) is 0. The number of carbonyl (C=O) groups is 2. The van der Waals surface area contributed by atoms with Crippen molar-refractivity contribution in [1.82, 2.24) is 0 Å². The van der Waals surface area contributed by atoms with Crippen molar-refractivity contribution < 1.29 is 14.3 Å². The summed E-state index contributed by atoms with van der Waals surface area (Å²) in [4.78, 5) is 25.4. The Kier molecular flexibility index (Phi) is 3.57. The summed E-state index contributed by atoms with van der Waals surface area (Å²) in [5.74, 6) is 0.403. The van der Waals surface area contributed by atoms with Crippen LogP contribution in [-0.2, 0) is 9.59 Å². The molecule has 0 N–H and O–H groups in total. The third-order valence-corrected chi connectivity index (χ3v) is 7.69. The first kappa shape index (κ1) is 16.7. The Morgan fingerprint density at radius 3 is 2.17 bits per heavy atom. The lowest BCUT2D eigenvalue weighted by atomic mass is 9.65. The molecule has 0 spiro atoms. The first-order valence-corrected chi connectivity index (χ1v) is 8.97. The summed E-state index contributed by atoms with van der Waals surface area (Å²) in [6, 6.07) is 5.77. The normalized spacial score (nSPS) is 34.7. The van der Waals surface area contributed by atoms with Crippen molar-refractivity contribution in [2.75, 3.05) is 0 Å². The molecule has 3 nitrogen and oxygen atoms in total. The molecule has 2 aliphatic rings. The van der Waals surface area contributed by atoms with Crippen molar-refractivity contribution >= 4 is 27.7 Å². The van der Waals surface area contributed by atoms with Gasteiger partial charge in [-0.15, -0.1) is 0 Å². The van der Waals surface area contributed by atoms with Crippen molar-refractivity contribution in [3.8, 4) is 5.75 Å². The number of halogens is 1. The van der Waals surface area contributed by atoms with E-state index in [1.807, 2.05) is 52.8 Å². The third kappa shape index (κ3) is 1.93. The Morgan fingerprint density at radius 2 is 1.70 bits per heavy atom. The number of rotatable bonds is 2. The molecule has 2 bridgehead atoms. The smallest absolute Gasteiger partial charge is 0.319 e. The first-order chi connectivity index (χ1) is 10.6. The number of aryl methyl sites for hydroxylation is 2. The summed E-state index contributed by atoms with van der Waals surface area (Å²) in [5.41, 5.74) is 0.415. The van der Waals surface area contributed by atoms with E-state index in [9.17, 15) is 9.59 Å². The average molecular weight is 379 g/mol. The quantitative estimate of drug-likeness (QED) is 0.436. The van der Waals surface area contributed by atoms with Gasteiger partial charge in [-0.25, -0.2) is 0 Å². The SMILES string of the molecule is Cc1cc(C)cc(OC(=O)C23CCC(C)(C(=O)C2Br)C3(C)C)c1. The number of benzene rings is 1. The molecule has 0 aliphatic heterocycles. The number of ketones is 1. The zero-order chi connectivity index (χ0) is 17.2. The van der Waals surface area contributed by atoms with Gasteiger partial charge in [-0.05, 0) is 55.4 Å². The molecule has 0 heterocycles. The molecule has 1 aromatic rings. The minimum Gasteiger partial charge on any atom is -0.426 e. The Labute approximate surface area is 145 Å². The van der Waals surface area contributed by atoms with Gasteiger partial charge in [0.2, 0.25) is 0 Å². The molecule has 0 saturated heterocycles. The van der Waals surface area contributed by atoms with Gasteiger partial charge in [0.05, 0.1) is 10.2 Å². The Bertz CT molecular complexity index is 688. The Morgan fingerprint density at radius 1 is 1.13 bits per heavy atom. The fourth-order valence-corrected chi connectivity index (χ4v) is 6.09. The number of hydrogen-bond donors (Lipinski definition) is 0. The Balaban J connectivity index is 2.00. The van der Waals surface area contributed by atoms with Crippen LogP contribution in [0.4, 0.5) is 0 Å². The molecular weight excluding hydrogens is 356 g/mol. The molecule has 0 radical (unpaired) electrons. The zero-order valence-electron chi connectivity index (χ0n) is 14.3. The maximum absolute atomic E-state index is 13.1. The number of fused-ring (bicyclic) bond motifs is 2. The predicted molar refractivity (Wildman–Crippen MR) is 92.8 cm³/mol. The lowest BCUT2D eigenvalue weighted by Crippen LogP contribution is -2.47. The molecule has 0 aromatic heterocycles. The van der Waals surface area contributed by atoms with Gasteiger partial charge in [-0.2, -0.15) is 0 Å². The summed E-state index contributed by atoms with van der Waals surface area (Å²) in [6.07, 6.45) is 1.42. The highest BCUT2D eigenvalue weighted by Gasteiger charge is 2.77. The summed E-state index contributed by atoms with van der Waals surface area (Å²) in [6.45, 7) is 10.0. The lowest BCUT2D eigenvalue weighted by molar-refractivity contribution is -0.150. The molecule has 1 aromatic carbocycles. The van der Waals surface area contributed by atoms with E-state index >= 15 is 0 Å². The van der Waals surface area contributed by atoms with Gasteiger partial charge in [0.15, 0.2) is 5.78 Å². The van der Waals surface area contributed by atoms with Crippen LogP contribution in [-0.4, -0.2) is 16.6 Å². The molecular formula is C19H23BrO3. The fraction of sp³-hybridized carbons (Fsp3) is 0.579. The van der Waals surface area contributed by atoms with E-state index in [-0.39, 0.29) is 11.8 Å². The Hall–Kier alpha value is -1.16. The van der Waals surface area contributed by atoms with Crippen molar-refractivity contribution in [3.05, 3.63) is 29.3 Å². The number of ether oxygens (including phenoxy) is 1. The summed E-state index contributed by atoms with van der Waals surface area (Å²) >= 11 is 3.52. The zero-order valence-corrected chi connectivity index (χ0v) is 15.9. The molecule has 3 atom stereocenters. The standard InChI is InChI=1S/C19H23BrO3/c1-11-8-12(2)10-13(9-11)23-16(22)19-7-6-18(5,17(19,3)4)15(21)14(19)20/h8-10,14H,6-7H2,1-5H3. The second kappa shape index (κ2) is 4.92. The molecule has 2 aliphatic carbocycles. The maximum Gasteiger partial charge on any atom is 0.319 e. The van der Waals surface area contributed by atoms with Crippen LogP contribution in [0.5, 0.6) is 5.75 Å². The van der Waals surface area contributed by atoms with Gasteiger partial charge in [-0.3, -0.25) is 9.59 Å². The van der Waals surface area contributed by atoms with Crippen molar-refractivity contribution in [2.24, 2.45) is 16.2 Å². The maximum atomic E-state index is 13.1. The number of alkyl halides is 1. The third-order valence-electron chi connectivity index (χ3n) is 6.49. The van der Waals surface area contributed by atoms with Crippen molar-refractivity contribution in [3.63, 3.8) is 0 Å².